The summed E-state index contributed by atoms with van der Waals surface area (Å²) in [5.41, 5.74) is 2.35. The number of thioether (sulfide) groups is 1. The van der Waals surface area contributed by atoms with E-state index < -0.39 is 0 Å². The number of carbonyl (C=O) groups is 1. The molecular formula is C26H34ClN7O2S. The van der Waals surface area contributed by atoms with Gasteiger partial charge in [0.1, 0.15) is 5.82 Å². The van der Waals surface area contributed by atoms with Gasteiger partial charge in [-0.3, -0.25) is 0 Å². The molecule has 11 heteroatoms. The smallest absolute Gasteiger partial charge is 0.320 e. The zero-order valence-electron chi connectivity index (χ0n) is 21.1. The summed E-state index contributed by atoms with van der Waals surface area (Å²) in [7, 11) is 0. The summed E-state index contributed by atoms with van der Waals surface area (Å²) in [6.45, 7) is 7.71. The second-order valence-corrected chi connectivity index (χ2v) is 11.6. The number of nitrogens with one attached hydrogen (secondary N) is 1. The number of fused-ring (bicyclic) bond motifs is 1. The standard InChI is InChI=1S/C26H34ClN7O2S/c27-19-3-5-21(6-4-19)31-9-11-32(12-10-31)25-29-22-7-17-37-23(22)24(30-25)28-20-2-1-8-34(18-20)26(35)33-13-15-36-16-14-33/h3-6,20H,1-2,7-18H2,(H,28,29,30). The number of hydrogen-bond acceptors (Lipinski definition) is 8. The summed E-state index contributed by atoms with van der Waals surface area (Å²) in [5, 5.41) is 4.49. The quantitative estimate of drug-likeness (QED) is 0.628. The number of benzene rings is 1. The van der Waals surface area contributed by atoms with Gasteiger partial charge < -0.3 is 29.7 Å². The summed E-state index contributed by atoms with van der Waals surface area (Å²) in [6, 6.07) is 8.39. The van der Waals surface area contributed by atoms with Crippen molar-refractivity contribution in [3.8, 4) is 0 Å². The molecule has 5 heterocycles. The average molecular weight is 544 g/mol. The van der Waals surface area contributed by atoms with Crippen molar-refractivity contribution in [1.29, 1.82) is 0 Å². The van der Waals surface area contributed by atoms with Crippen molar-refractivity contribution in [3.63, 3.8) is 0 Å². The minimum atomic E-state index is 0.135. The molecule has 4 aliphatic rings. The zero-order valence-corrected chi connectivity index (χ0v) is 22.6. The van der Waals surface area contributed by atoms with Crippen LogP contribution in [0.2, 0.25) is 5.02 Å². The van der Waals surface area contributed by atoms with Gasteiger partial charge in [0.2, 0.25) is 5.95 Å². The predicted molar refractivity (Wildman–Crippen MR) is 148 cm³/mol. The molecule has 1 unspecified atom stereocenters. The lowest BCUT2D eigenvalue weighted by Crippen LogP contribution is -2.53. The first-order valence-corrected chi connectivity index (χ1v) is 14.7. The number of carbonyl (C=O) groups excluding carboxylic acids is 1. The van der Waals surface area contributed by atoms with Crippen LogP contribution in [0.15, 0.2) is 29.2 Å². The molecule has 0 saturated carbocycles. The number of halogens is 1. The van der Waals surface area contributed by atoms with Crippen LogP contribution in [0.3, 0.4) is 0 Å². The Morgan fingerprint density at radius 1 is 0.973 bits per heavy atom. The number of morpholine rings is 1. The van der Waals surface area contributed by atoms with Gasteiger partial charge in [-0.15, -0.1) is 11.8 Å². The van der Waals surface area contributed by atoms with E-state index in [1.807, 2.05) is 33.7 Å². The number of nitrogens with zero attached hydrogens (tertiary/aromatic N) is 6. The number of hydrogen-bond donors (Lipinski definition) is 1. The van der Waals surface area contributed by atoms with E-state index in [1.165, 1.54) is 10.6 Å². The third-order valence-corrected chi connectivity index (χ3v) is 8.96. The fourth-order valence-corrected chi connectivity index (χ4v) is 6.71. The van der Waals surface area contributed by atoms with Crippen LogP contribution in [0.4, 0.5) is 22.2 Å². The zero-order chi connectivity index (χ0) is 25.2. The maximum atomic E-state index is 13.1. The minimum Gasteiger partial charge on any atom is -0.378 e. The molecule has 3 fully saturated rings. The first-order valence-electron chi connectivity index (χ1n) is 13.3. The second kappa shape index (κ2) is 11.1. The Bertz CT molecular complexity index is 1110. The van der Waals surface area contributed by atoms with Crippen LogP contribution in [-0.4, -0.2) is 103 Å². The van der Waals surface area contributed by atoms with Crippen LogP contribution in [0.5, 0.6) is 0 Å². The molecule has 0 spiro atoms. The molecule has 4 aliphatic heterocycles. The second-order valence-electron chi connectivity index (χ2n) is 10.0. The Morgan fingerprint density at radius 3 is 2.51 bits per heavy atom. The first kappa shape index (κ1) is 24.9. The molecule has 1 atom stereocenters. The fourth-order valence-electron chi connectivity index (χ4n) is 5.53. The normalized spacial score (nSPS) is 22.2. The van der Waals surface area contributed by atoms with Gasteiger partial charge in [-0.05, 0) is 37.1 Å². The van der Waals surface area contributed by atoms with E-state index in [-0.39, 0.29) is 12.1 Å². The number of ether oxygens (including phenoxy) is 1. The third kappa shape index (κ3) is 5.56. The van der Waals surface area contributed by atoms with Crippen molar-refractivity contribution < 1.29 is 9.53 Å². The van der Waals surface area contributed by atoms with Gasteiger partial charge in [0.15, 0.2) is 0 Å². The van der Waals surface area contributed by atoms with Crippen molar-refractivity contribution in [1.82, 2.24) is 19.8 Å². The topological polar surface area (TPSA) is 77.1 Å². The molecule has 2 amide bonds. The van der Waals surface area contributed by atoms with Crippen molar-refractivity contribution in [2.45, 2.75) is 30.2 Å². The molecule has 0 bridgehead atoms. The maximum Gasteiger partial charge on any atom is 0.320 e. The van der Waals surface area contributed by atoms with Crippen molar-refractivity contribution in [3.05, 3.63) is 35.0 Å². The van der Waals surface area contributed by atoms with E-state index in [2.05, 4.69) is 27.2 Å². The van der Waals surface area contributed by atoms with Gasteiger partial charge in [0.25, 0.3) is 0 Å². The Hall–Kier alpha value is -2.43. The van der Waals surface area contributed by atoms with Crippen molar-refractivity contribution >= 4 is 46.8 Å². The number of piperidine rings is 1. The molecule has 2 aromatic rings. The highest BCUT2D eigenvalue weighted by atomic mass is 35.5. The molecule has 1 N–H and O–H groups in total. The van der Waals surface area contributed by atoms with Gasteiger partial charge in [-0.1, -0.05) is 11.6 Å². The van der Waals surface area contributed by atoms with E-state index in [9.17, 15) is 4.79 Å². The van der Waals surface area contributed by atoms with Crippen molar-refractivity contribution in [2.24, 2.45) is 0 Å². The van der Waals surface area contributed by atoms with Gasteiger partial charge in [0.05, 0.1) is 23.8 Å². The van der Waals surface area contributed by atoms with Gasteiger partial charge >= 0.3 is 6.03 Å². The van der Waals surface area contributed by atoms with Crippen molar-refractivity contribution in [2.75, 3.05) is 86.4 Å². The van der Waals surface area contributed by atoms with Crippen LogP contribution in [0, 0.1) is 0 Å². The van der Waals surface area contributed by atoms with Gasteiger partial charge in [0, 0.05) is 81.3 Å². The first-order chi connectivity index (χ1) is 18.1. The molecule has 3 saturated heterocycles. The third-order valence-electron chi connectivity index (χ3n) is 7.58. The maximum absolute atomic E-state index is 13.1. The summed E-state index contributed by atoms with van der Waals surface area (Å²) >= 11 is 7.91. The van der Waals surface area contributed by atoms with Crippen LogP contribution >= 0.6 is 23.4 Å². The minimum absolute atomic E-state index is 0.135. The van der Waals surface area contributed by atoms with Gasteiger partial charge in [-0.25, -0.2) is 9.78 Å². The van der Waals surface area contributed by atoms with Crippen LogP contribution in [0.1, 0.15) is 18.5 Å². The number of urea groups is 1. The van der Waals surface area contributed by atoms with E-state index in [0.717, 1.165) is 80.2 Å². The van der Waals surface area contributed by atoms with E-state index in [1.54, 1.807) is 0 Å². The Kier molecular flexibility index (Phi) is 7.48. The highest BCUT2D eigenvalue weighted by molar-refractivity contribution is 7.99. The molecule has 6 rings (SSSR count). The van der Waals surface area contributed by atoms with E-state index in [0.29, 0.717) is 32.8 Å². The van der Waals surface area contributed by atoms with Crippen LogP contribution in [-0.2, 0) is 11.2 Å². The number of amides is 2. The molecule has 1 aromatic carbocycles. The van der Waals surface area contributed by atoms with E-state index in [4.69, 9.17) is 26.3 Å². The summed E-state index contributed by atoms with van der Waals surface area (Å²) in [4.78, 5) is 32.9. The number of aryl methyl sites for hydroxylation is 1. The molecule has 9 nitrogen and oxygen atoms in total. The van der Waals surface area contributed by atoms with Crippen LogP contribution in [0.25, 0.3) is 0 Å². The highest BCUT2D eigenvalue weighted by Gasteiger charge is 2.30. The van der Waals surface area contributed by atoms with Gasteiger partial charge in [-0.2, -0.15) is 4.98 Å². The lowest BCUT2D eigenvalue weighted by molar-refractivity contribution is 0.0412. The number of likely N-dealkylation sites (tertiary alicyclic amines) is 1. The lowest BCUT2D eigenvalue weighted by atomic mass is 10.1. The SMILES string of the molecule is O=C(N1CCOCC1)N1CCCC(Nc2nc(N3CCN(c4ccc(Cl)cc4)CC3)nc3c2SCC3)C1. The monoisotopic (exact) mass is 543 g/mol. The predicted octanol–water partition coefficient (Wildman–Crippen LogP) is 3.43. The van der Waals surface area contributed by atoms with Crippen LogP contribution < -0.4 is 15.1 Å². The lowest BCUT2D eigenvalue weighted by Gasteiger charge is -2.38. The fraction of sp³-hybridized carbons (Fsp3) is 0.577. The Labute approximate surface area is 227 Å². The Morgan fingerprint density at radius 2 is 1.73 bits per heavy atom. The molecule has 37 heavy (non-hydrogen) atoms. The largest absolute Gasteiger partial charge is 0.378 e. The number of piperazine rings is 1. The number of rotatable bonds is 4. The molecular weight excluding hydrogens is 510 g/mol. The number of aromatic nitrogens is 2. The highest BCUT2D eigenvalue weighted by Crippen LogP contribution is 2.37. The molecule has 0 radical (unpaired) electrons. The summed E-state index contributed by atoms with van der Waals surface area (Å²) < 4.78 is 5.42. The van der Waals surface area contributed by atoms with E-state index >= 15 is 0 Å². The molecule has 1 aromatic heterocycles. The average Bonchev–Trinajstić information content (AvgIpc) is 3.43. The summed E-state index contributed by atoms with van der Waals surface area (Å²) in [5.74, 6) is 2.79. The molecule has 198 valence electrons. The summed E-state index contributed by atoms with van der Waals surface area (Å²) in [6.07, 6.45) is 3.00. The molecule has 0 aliphatic carbocycles. The number of anilines is 3. The Balaban J connectivity index is 1.13.